The number of carbonyl (C=O) groups is 1. The normalized spacial score (nSPS) is 10.6. The number of pyridine rings is 1. The molecule has 1 heterocycles. The predicted molar refractivity (Wildman–Crippen MR) is 62.6 cm³/mol. The van der Waals surface area contributed by atoms with E-state index in [2.05, 4.69) is 4.98 Å². The van der Waals surface area contributed by atoms with Gasteiger partial charge in [0.05, 0.1) is 5.52 Å². The van der Waals surface area contributed by atoms with Crippen LogP contribution in [-0.2, 0) is 0 Å². The van der Waals surface area contributed by atoms with Crippen molar-refractivity contribution in [2.75, 3.05) is 5.73 Å². The average Bonchev–Trinajstić information content (AvgIpc) is 2.22. The Bertz CT molecular complexity index is 591. The fourth-order valence-electron chi connectivity index (χ4n) is 1.79. The van der Waals surface area contributed by atoms with Gasteiger partial charge >= 0.3 is 5.97 Å². The minimum atomic E-state index is -1.06. The highest BCUT2D eigenvalue weighted by atomic mass is 16.4. The summed E-state index contributed by atoms with van der Waals surface area (Å²) in [5.74, 6) is -1.06. The van der Waals surface area contributed by atoms with Gasteiger partial charge in [-0.25, -0.2) is 9.78 Å². The Morgan fingerprint density at radius 2 is 1.94 bits per heavy atom. The van der Waals surface area contributed by atoms with Gasteiger partial charge in [-0.2, -0.15) is 0 Å². The number of aromatic carboxylic acids is 1. The van der Waals surface area contributed by atoms with Crippen molar-refractivity contribution in [1.29, 1.82) is 0 Å². The lowest BCUT2D eigenvalue weighted by Crippen LogP contribution is -2.04. The van der Waals surface area contributed by atoms with Crippen LogP contribution in [-0.4, -0.2) is 16.1 Å². The molecule has 82 valence electrons. The minimum absolute atomic E-state index is 0.0151. The maximum Gasteiger partial charge on any atom is 0.354 e. The van der Waals surface area contributed by atoms with Crippen molar-refractivity contribution >= 4 is 22.6 Å². The summed E-state index contributed by atoms with van der Waals surface area (Å²) in [5, 5.41) is 9.75. The smallest absolute Gasteiger partial charge is 0.354 e. The quantitative estimate of drug-likeness (QED) is 0.765. The van der Waals surface area contributed by atoms with Crippen molar-refractivity contribution in [3.8, 4) is 0 Å². The van der Waals surface area contributed by atoms with Gasteiger partial charge < -0.3 is 10.8 Å². The minimum Gasteiger partial charge on any atom is -0.477 e. The van der Waals surface area contributed by atoms with Crippen LogP contribution in [0, 0.1) is 13.8 Å². The molecule has 16 heavy (non-hydrogen) atoms. The number of carboxylic acids is 1. The first-order chi connectivity index (χ1) is 7.50. The SMILES string of the molecule is Cc1ccc(C)c2c(N)cc(C(=O)O)nc12. The lowest BCUT2D eigenvalue weighted by molar-refractivity contribution is 0.0691. The van der Waals surface area contributed by atoms with Crippen molar-refractivity contribution in [3.63, 3.8) is 0 Å². The summed E-state index contributed by atoms with van der Waals surface area (Å²) in [7, 11) is 0. The fourth-order valence-corrected chi connectivity index (χ4v) is 1.79. The maximum absolute atomic E-state index is 10.9. The van der Waals surface area contributed by atoms with Crippen LogP contribution in [0.4, 0.5) is 5.69 Å². The number of hydrogen-bond donors (Lipinski definition) is 2. The monoisotopic (exact) mass is 216 g/mol. The van der Waals surface area contributed by atoms with E-state index in [-0.39, 0.29) is 5.69 Å². The first kappa shape index (κ1) is 10.4. The van der Waals surface area contributed by atoms with Crippen LogP contribution in [0.5, 0.6) is 0 Å². The number of carboxylic acid groups (broad SMARTS) is 1. The average molecular weight is 216 g/mol. The first-order valence-corrected chi connectivity index (χ1v) is 4.90. The van der Waals surface area contributed by atoms with Gasteiger partial charge in [-0.05, 0) is 31.0 Å². The number of anilines is 1. The van der Waals surface area contributed by atoms with Crippen LogP contribution < -0.4 is 5.73 Å². The number of benzene rings is 1. The van der Waals surface area contributed by atoms with Gasteiger partial charge in [-0.1, -0.05) is 12.1 Å². The van der Waals surface area contributed by atoms with E-state index in [0.717, 1.165) is 16.5 Å². The molecule has 0 bridgehead atoms. The summed E-state index contributed by atoms with van der Waals surface area (Å²) in [6.07, 6.45) is 0. The summed E-state index contributed by atoms with van der Waals surface area (Å²) in [4.78, 5) is 15.0. The van der Waals surface area contributed by atoms with Gasteiger partial charge in [0.15, 0.2) is 5.69 Å². The maximum atomic E-state index is 10.9. The number of nitrogen functional groups attached to an aromatic ring is 1. The molecule has 0 saturated carbocycles. The fraction of sp³-hybridized carbons (Fsp3) is 0.167. The molecule has 1 aromatic carbocycles. The van der Waals surface area contributed by atoms with E-state index in [4.69, 9.17) is 10.8 Å². The number of nitrogens with two attached hydrogens (primary N) is 1. The van der Waals surface area contributed by atoms with Gasteiger partial charge in [-0.3, -0.25) is 0 Å². The Morgan fingerprint density at radius 1 is 1.31 bits per heavy atom. The molecular weight excluding hydrogens is 204 g/mol. The van der Waals surface area contributed by atoms with E-state index in [0.29, 0.717) is 11.2 Å². The number of hydrogen-bond acceptors (Lipinski definition) is 3. The van der Waals surface area contributed by atoms with Crippen LogP contribution in [0.3, 0.4) is 0 Å². The molecular formula is C12H12N2O2. The van der Waals surface area contributed by atoms with E-state index in [1.54, 1.807) is 0 Å². The number of aromatic nitrogens is 1. The van der Waals surface area contributed by atoms with Crippen LogP contribution >= 0.6 is 0 Å². The summed E-state index contributed by atoms with van der Waals surface area (Å²) in [6.45, 7) is 3.82. The zero-order valence-corrected chi connectivity index (χ0v) is 9.11. The number of aryl methyl sites for hydroxylation is 2. The zero-order chi connectivity index (χ0) is 11.9. The number of nitrogens with zero attached hydrogens (tertiary/aromatic N) is 1. The van der Waals surface area contributed by atoms with E-state index in [9.17, 15) is 4.79 Å². The molecule has 0 spiro atoms. The van der Waals surface area contributed by atoms with Crippen LogP contribution in [0.1, 0.15) is 21.6 Å². The van der Waals surface area contributed by atoms with Crippen molar-refractivity contribution in [1.82, 2.24) is 4.98 Å². The second-order valence-electron chi connectivity index (χ2n) is 3.82. The van der Waals surface area contributed by atoms with Crippen LogP contribution in [0.25, 0.3) is 10.9 Å². The van der Waals surface area contributed by atoms with Gasteiger partial charge in [0.2, 0.25) is 0 Å². The lowest BCUT2D eigenvalue weighted by Gasteiger charge is -2.08. The standard InChI is InChI=1S/C12H12N2O2/c1-6-3-4-7(2)11-10(6)8(13)5-9(14-11)12(15)16/h3-5H,1-2H3,(H2,13,14)(H,15,16). The van der Waals surface area contributed by atoms with Crippen LogP contribution in [0.15, 0.2) is 18.2 Å². The Balaban J connectivity index is 2.92. The molecule has 1 aromatic heterocycles. The summed E-state index contributed by atoms with van der Waals surface area (Å²) >= 11 is 0. The van der Waals surface area contributed by atoms with E-state index >= 15 is 0 Å². The summed E-state index contributed by atoms with van der Waals surface area (Å²) < 4.78 is 0. The first-order valence-electron chi connectivity index (χ1n) is 4.90. The molecule has 3 N–H and O–H groups in total. The topological polar surface area (TPSA) is 76.2 Å². The number of rotatable bonds is 1. The van der Waals surface area contributed by atoms with Crippen molar-refractivity contribution < 1.29 is 9.90 Å². The molecule has 0 radical (unpaired) electrons. The molecule has 0 aliphatic heterocycles. The molecule has 0 fully saturated rings. The lowest BCUT2D eigenvalue weighted by atomic mass is 10.0. The summed E-state index contributed by atoms with van der Waals surface area (Å²) in [6, 6.07) is 5.27. The second-order valence-corrected chi connectivity index (χ2v) is 3.82. The van der Waals surface area contributed by atoms with E-state index < -0.39 is 5.97 Å². The highest BCUT2D eigenvalue weighted by Gasteiger charge is 2.11. The second kappa shape index (κ2) is 3.48. The van der Waals surface area contributed by atoms with Crippen molar-refractivity contribution in [3.05, 3.63) is 35.0 Å². The van der Waals surface area contributed by atoms with E-state index in [1.807, 2.05) is 26.0 Å². The van der Waals surface area contributed by atoms with Gasteiger partial charge in [0.25, 0.3) is 0 Å². The van der Waals surface area contributed by atoms with Crippen molar-refractivity contribution in [2.24, 2.45) is 0 Å². The Labute approximate surface area is 92.7 Å². The predicted octanol–water partition coefficient (Wildman–Crippen LogP) is 2.13. The third-order valence-electron chi connectivity index (χ3n) is 2.62. The molecule has 2 rings (SSSR count). The molecule has 0 atom stereocenters. The molecule has 0 saturated heterocycles. The molecule has 2 aromatic rings. The highest BCUT2D eigenvalue weighted by molar-refractivity contribution is 5.99. The molecule has 0 aliphatic rings. The van der Waals surface area contributed by atoms with Gasteiger partial charge in [0, 0.05) is 11.1 Å². The zero-order valence-electron chi connectivity index (χ0n) is 9.11. The van der Waals surface area contributed by atoms with Crippen LogP contribution in [0.2, 0.25) is 0 Å². The van der Waals surface area contributed by atoms with E-state index in [1.165, 1.54) is 6.07 Å². The summed E-state index contributed by atoms with van der Waals surface area (Å²) in [5.41, 5.74) is 8.90. The molecule has 0 unspecified atom stereocenters. The largest absolute Gasteiger partial charge is 0.477 e. The molecule has 4 nitrogen and oxygen atoms in total. The Kier molecular flexibility index (Phi) is 2.27. The Morgan fingerprint density at radius 3 is 2.56 bits per heavy atom. The molecule has 0 amide bonds. The third kappa shape index (κ3) is 1.48. The van der Waals surface area contributed by atoms with Gasteiger partial charge in [-0.15, -0.1) is 0 Å². The Hall–Kier alpha value is -2.10. The van der Waals surface area contributed by atoms with Gasteiger partial charge in [0.1, 0.15) is 0 Å². The molecule has 4 heteroatoms. The number of fused-ring (bicyclic) bond motifs is 1. The third-order valence-corrected chi connectivity index (χ3v) is 2.62. The highest BCUT2D eigenvalue weighted by Crippen LogP contribution is 2.26. The van der Waals surface area contributed by atoms with Crippen molar-refractivity contribution in [2.45, 2.75) is 13.8 Å². The molecule has 0 aliphatic carbocycles.